The van der Waals surface area contributed by atoms with Crippen LogP contribution in [0.4, 0.5) is 18.8 Å². The van der Waals surface area contributed by atoms with Gasteiger partial charge in [0.2, 0.25) is 0 Å². The van der Waals surface area contributed by atoms with Gasteiger partial charge in [0.05, 0.1) is 0 Å². The molecule has 6 heteroatoms. The summed E-state index contributed by atoms with van der Waals surface area (Å²) in [6, 6.07) is 0. The maximum Gasteiger partial charge on any atom is 0 e. The molecule has 0 nitrogen and oxygen atoms in total. The van der Waals surface area contributed by atoms with E-state index in [2.05, 4.69) is 0 Å². The third-order valence-corrected chi connectivity index (χ3v) is 0. The Morgan fingerprint density at radius 1 is 0.500 bits per heavy atom. The van der Waals surface area contributed by atoms with Gasteiger partial charge in [-0.1, -0.05) is 0 Å². The zero-order valence-corrected chi connectivity index (χ0v) is 6.95. The van der Waals surface area contributed by atoms with Crippen molar-refractivity contribution in [1.29, 1.82) is 0 Å². The van der Waals surface area contributed by atoms with Gasteiger partial charge in [0.25, 0.3) is 0 Å². The fourth-order valence-corrected chi connectivity index (χ4v) is 0. The molecule has 0 aromatic rings. The minimum absolute atomic E-state index is 0. The van der Waals surface area contributed by atoms with Crippen LogP contribution in [0.1, 0.15) is 0 Å². The third-order valence-electron chi connectivity index (χ3n) is 0. The number of hydrogen-bond donors (Lipinski definition) is 0. The molecule has 0 spiro atoms. The fourth-order valence-electron chi connectivity index (χ4n) is 0. The molecule has 0 aliphatic heterocycles. The van der Waals surface area contributed by atoms with E-state index in [4.69, 9.17) is 0 Å². The molecule has 0 unspecified atom stereocenters. The first kappa shape index (κ1) is 232. The van der Waals surface area contributed by atoms with Gasteiger partial charge < -0.3 is 0 Å². The van der Waals surface area contributed by atoms with Gasteiger partial charge in [-0.25, -0.2) is 0 Å². The first-order valence-electron chi connectivity index (χ1n) is 0. The summed E-state index contributed by atoms with van der Waals surface area (Å²) < 4.78 is 0. The topological polar surface area (TPSA) is 0 Å². The largest absolute Gasteiger partial charge is 0.269 e. The second kappa shape index (κ2) is 139. The summed E-state index contributed by atoms with van der Waals surface area (Å²) in [5.41, 5.74) is 0. The summed E-state index contributed by atoms with van der Waals surface area (Å²) in [5.74, 6) is 0. The van der Waals surface area contributed by atoms with E-state index in [1.54, 1.807) is 0 Å². The predicted octanol–water partition coefficient (Wildman–Crippen LogP) is 0.605. The van der Waals surface area contributed by atoms with Crippen LogP contribution in [0.25, 0.3) is 0 Å². The summed E-state index contributed by atoms with van der Waals surface area (Å²) >= 11 is 0. The maximum absolute atomic E-state index is 0. The normalized spacial score (nSPS) is 0. The van der Waals surface area contributed by atoms with E-state index in [1.165, 1.54) is 0 Å². The summed E-state index contributed by atoms with van der Waals surface area (Å²) in [5, 5.41) is 0. The van der Waals surface area contributed by atoms with Gasteiger partial charge in [0.1, 0.15) is 0 Å². The van der Waals surface area contributed by atoms with Crippen LogP contribution in [0.5, 0.6) is 0 Å². The van der Waals surface area contributed by atoms with Crippen LogP contribution >= 0.6 is 0 Å². The zero-order valence-electron chi connectivity index (χ0n) is 2.28. The molecule has 51 valence electrons. The van der Waals surface area contributed by atoms with Crippen LogP contribution < -0.4 is 0 Å². The van der Waals surface area contributed by atoms with Crippen molar-refractivity contribution in [2.45, 2.75) is 0 Å². The Balaban J connectivity index is 0. The van der Waals surface area contributed by atoms with Crippen molar-refractivity contribution in [3.63, 3.8) is 0 Å². The molecule has 0 aliphatic rings. The van der Waals surface area contributed by atoms with Crippen molar-refractivity contribution < 1.29 is 60.0 Å². The average molecular weight is 467 g/mol. The first-order chi connectivity index (χ1) is 0. The molecule has 0 amide bonds. The Kier molecular flexibility index (Phi) is 5340. The number of rotatable bonds is 0. The molecule has 0 rings (SSSR count). The first-order valence-corrected chi connectivity index (χ1v) is 0. The Morgan fingerprint density at radius 3 is 0.500 bits per heavy atom. The fraction of sp³-hybridized carbons (Fsp3) is 0. The van der Waals surface area contributed by atoms with Crippen LogP contribution in [-0.2, 0) is 41.2 Å². The molecule has 0 heterocycles. The third kappa shape index (κ3) is 74.4. The molecular formula is H4F4IrPt. The van der Waals surface area contributed by atoms with Gasteiger partial charge >= 0.3 is 0 Å². The van der Waals surface area contributed by atoms with Crippen LogP contribution in [-0.4, -0.2) is 0 Å². The second-order valence-electron chi connectivity index (χ2n) is 0. The maximum atomic E-state index is 0. The van der Waals surface area contributed by atoms with E-state index in [9.17, 15) is 0 Å². The van der Waals surface area contributed by atoms with Gasteiger partial charge in [-0.2, -0.15) is 0 Å². The molecule has 0 fully saturated rings. The van der Waals surface area contributed by atoms with Gasteiger partial charge in [0.15, 0.2) is 0 Å². The van der Waals surface area contributed by atoms with Gasteiger partial charge in [-0.05, 0) is 0 Å². The molecule has 0 aromatic carbocycles. The Morgan fingerprint density at radius 2 is 0.500 bits per heavy atom. The van der Waals surface area contributed by atoms with Crippen LogP contribution in [0.15, 0.2) is 0 Å². The molecular weight excluding hydrogens is 463 g/mol. The number of halogens is 4. The Bertz CT molecular complexity index is 7.51. The molecule has 0 saturated carbocycles. The van der Waals surface area contributed by atoms with Crippen molar-refractivity contribution in [1.82, 2.24) is 0 Å². The Hall–Kier alpha value is 1.06. The van der Waals surface area contributed by atoms with Crippen molar-refractivity contribution >= 4 is 0 Å². The van der Waals surface area contributed by atoms with Crippen LogP contribution in [0.3, 0.4) is 0 Å². The molecule has 0 aliphatic carbocycles. The predicted molar refractivity (Wildman–Crippen MR) is 10.0 cm³/mol. The van der Waals surface area contributed by atoms with E-state index >= 15 is 0 Å². The van der Waals surface area contributed by atoms with Gasteiger partial charge in [0, 0.05) is 41.2 Å². The second-order valence-corrected chi connectivity index (χ2v) is 0. The van der Waals surface area contributed by atoms with E-state index < -0.39 is 0 Å². The van der Waals surface area contributed by atoms with E-state index in [1.807, 2.05) is 0 Å². The van der Waals surface area contributed by atoms with Gasteiger partial charge in [-0.15, -0.1) is 0 Å². The van der Waals surface area contributed by atoms with E-state index in [0.29, 0.717) is 0 Å². The quantitative estimate of drug-likeness (QED) is 0.459. The van der Waals surface area contributed by atoms with Crippen molar-refractivity contribution in [2.75, 3.05) is 0 Å². The monoisotopic (exact) mass is 468 g/mol. The molecule has 0 bridgehead atoms. The van der Waals surface area contributed by atoms with Crippen molar-refractivity contribution in [2.24, 2.45) is 0 Å². The Labute approximate surface area is 60.1 Å². The minimum Gasteiger partial charge on any atom is -0.269 e. The summed E-state index contributed by atoms with van der Waals surface area (Å²) in [6.07, 6.45) is 0. The molecule has 1 radical (unpaired) electrons. The smallest absolute Gasteiger partial charge is 0 e. The van der Waals surface area contributed by atoms with Crippen LogP contribution in [0.2, 0.25) is 0 Å². The van der Waals surface area contributed by atoms with E-state index in [0.717, 1.165) is 0 Å². The van der Waals surface area contributed by atoms with E-state index in [-0.39, 0.29) is 60.0 Å². The van der Waals surface area contributed by atoms with Gasteiger partial charge in [-0.3, -0.25) is 18.8 Å². The summed E-state index contributed by atoms with van der Waals surface area (Å²) in [6.45, 7) is 0. The number of hydrogen-bond acceptors (Lipinski definition) is 0. The standard InChI is InChI=1S/4FH.Ir.Pt/h4*1H;;. The molecule has 0 N–H and O–H groups in total. The zero-order chi connectivity index (χ0) is 0. The SMILES string of the molecule is F.F.F.F.[Ir].[Pt]. The molecule has 6 heavy (non-hydrogen) atoms. The minimum atomic E-state index is 0. The molecule has 0 aromatic heterocycles. The molecule has 0 atom stereocenters. The van der Waals surface area contributed by atoms with Crippen molar-refractivity contribution in [3.05, 3.63) is 0 Å². The van der Waals surface area contributed by atoms with Crippen molar-refractivity contribution in [3.8, 4) is 0 Å². The average Bonchev–Trinajstić information content (AvgIpc) is 0. The molecule has 0 saturated heterocycles. The van der Waals surface area contributed by atoms with Crippen LogP contribution in [0, 0.1) is 0 Å². The summed E-state index contributed by atoms with van der Waals surface area (Å²) in [7, 11) is 0. The summed E-state index contributed by atoms with van der Waals surface area (Å²) in [4.78, 5) is 0.